The number of ketones is 1. The number of carbonyl (C=O) groups excluding carboxylic acids is 1. The van der Waals surface area contributed by atoms with Gasteiger partial charge in [-0.2, -0.15) is 0 Å². The Morgan fingerprint density at radius 1 is 1.28 bits per heavy atom. The molecule has 3 rings (SSSR count). The highest BCUT2D eigenvalue weighted by molar-refractivity contribution is 5.87. The Balaban J connectivity index is 1.74. The van der Waals surface area contributed by atoms with Gasteiger partial charge in [-0.25, -0.2) is 0 Å². The smallest absolute Gasteiger partial charge is 0.157 e. The van der Waals surface area contributed by atoms with E-state index in [4.69, 9.17) is 9.47 Å². The molecule has 3 heteroatoms. The lowest BCUT2D eigenvalue weighted by Crippen LogP contribution is -2.41. The Morgan fingerprint density at radius 2 is 2.06 bits per heavy atom. The molecule has 3 fully saturated rings. The minimum Gasteiger partial charge on any atom is -0.353 e. The molecular weight excluding hydrogens is 228 g/mol. The molecule has 3 aliphatic rings. The Hall–Kier alpha value is -0.410. The number of fused-ring (bicyclic) bond motifs is 2. The van der Waals surface area contributed by atoms with Gasteiger partial charge in [0.05, 0.1) is 6.10 Å². The number of ether oxygens (including phenoxy) is 2. The molecule has 2 aliphatic carbocycles. The fourth-order valence-electron chi connectivity index (χ4n) is 4.15. The summed E-state index contributed by atoms with van der Waals surface area (Å²) >= 11 is 0. The molecule has 1 heterocycles. The molecule has 2 bridgehead atoms. The fraction of sp³-hybridized carbons (Fsp3) is 0.933. The molecule has 0 spiro atoms. The van der Waals surface area contributed by atoms with Crippen molar-refractivity contribution in [1.82, 2.24) is 0 Å². The van der Waals surface area contributed by atoms with Crippen molar-refractivity contribution in [3.63, 3.8) is 0 Å². The van der Waals surface area contributed by atoms with Crippen LogP contribution in [0.25, 0.3) is 0 Å². The molecule has 4 atom stereocenters. The second-order valence-electron chi connectivity index (χ2n) is 6.99. The zero-order valence-electron chi connectivity index (χ0n) is 11.7. The van der Waals surface area contributed by atoms with E-state index in [0.717, 1.165) is 25.9 Å². The first kappa shape index (κ1) is 12.6. The van der Waals surface area contributed by atoms with Gasteiger partial charge in [0.25, 0.3) is 0 Å². The van der Waals surface area contributed by atoms with E-state index >= 15 is 0 Å². The molecule has 0 aromatic heterocycles. The van der Waals surface area contributed by atoms with Gasteiger partial charge >= 0.3 is 0 Å². The van der Waals surface area contributed by atoms with Crippen molar-refractivity contribution in [3.8, 4) is 0 Å². The summed E-state index contributed by atoms with van der Waals surface area (Å²) in [5.74, 6) is 0.628. The third kappa shape index (κ3) is 1.60. The zero-order valence-corrected chi connectivity index (χ0v) is 11.7. The maximum atomic E-state index is 12.0. The molecule has 1 saturated heterocycles. The molecule has 4 unspecified atom stereocenters. The first-order valence-corrected chi connectivity index (χ1v) is 7.25. The van der Waals surface area contributed by atoms with E-state index < -0.39 is 0 Å². The average molecular weight is 252 g/mol. The Bertz CT molecular complexity index is 357. The van der Waals surface area contributed by atoms with Gasteiger partial charge in [0.15, 0.2) is 6.29 Å². The molecule has 18 heavy (non-hydrogen) atoms. The Kier molecular flexibility index (Phi) is 2.83. The van der Waals surface area contributed by atoms with E-state index in [2.05, 4.69) is 20.8 Å². The van der Waals surface area contributed by atoms with Gasteiger partial charge in [0.2, 0.25) is 0 Å². The van der Waals surface area contributed by atoms with Gasteiger partial charge in [0, 0.05) is 24.4 Å². The maximum Gasteiger partial charge on any atom is 0.157 e. The van der Waals surface area contributed by atoms with Crippen molar-refractivity contribution in [2.24, 2.45) is 16.7 Å². The lowest BCUT2D eigenvalue weighted by Gasteiger charge is -2.40. The normalized spacial score (nSPS) is 46.6. The molecule has 0 aromatic carbocycles. The summed E-state index contributed by atoms with van der Waals surface area (Å²) in [7, 11) is 0. The SMILES string of the molecule is CC1(C)C2CC(OC3CCCCO3)C1(C)CC2=O. The van der Waals surface area contributed by atoms with Crippen molar-refractivity contribution in [2.75, 3.05) is 6.61 Å². The average Bonchev–Trinajstić information content (AvgIpc) is 2.61. The quantitative estimate of drug-likeness (QED) is 0.758. The summed E-state index contributed by atoms with van der Waals surface area (Å²) in [6, 6.07) is 0. The summed E-state index contributed by atoms with van der Waals surface area (Å²) < 4.78 is 11.9. The number of Topliss-reactive ketones (excluding diaryl/α,β-unsaturated/α-hetero) is 1. The van der Waals surface area contributed by atoms with Crippen molar-refractivity contribution < 1.29 is 14.3 Å². The molecule has 102 valence electrons. The summed E-state index contributed by atoms with van der Waals surface area (Å²) in [4.78, 5) is 12.0. The summed E-state index contributed by atoms with van der Waals surface area (Å²) in [6.45, 7) is 7.51. The third-order valence-corrected chi connectivity index (χ3v) is 5.89. The lowest BCUT2D eigenvalue weighted by molar-refractivity contribution is -0.212. The number of hydrogen-bond acceptors (Lipinski definition) is 3. The van der Waals surface area contributed by atoms with Crippen molar-refractivity contribution >= 4 is 5.78 Å². The van der Waals surface area contributed by atoms with Gasteiger partial charge in [-0.05, 0) is 31.1 Å². The first-order chi connectivity index (χ1) is 8.45. The second-order valence-corrected chi connectivity index (χ2v) is 6.99. The highest BCUT2D eigenvalue weighted by atomic mass is 16.7. The molecule has 0 amide bonds. The number of hydrogen-bond donors (Lipinski definition) is 0. The van der Waals surface area contributed by atoms with Gasteiger partial charge in [0.1, 0.15) is 5.78 Å². The molecule has 0 aromatic rings. The number of carbonyl (C=O) groups is 1. The standard InChI is InChI=1S/C15H24O3/c1-14(2)10-8-12(15(14,3)9-11(10)16)18-13-6-4-5-7-17-13/h10,12-13H,4-9H2,1-3H3. The van der Waals surface area contributed by atoms with E-state index in [9.17, 15) is 4.79 Å². The zero-order chi connectivity index (χ0) is 13.0. The molecule has 3 nitrogen and oxygen atoms in total. The van der Waals surface area contributed by atoms with Gasteiger partial charge in [-0.15, -0.1) is 0 Å². The van der Waals surface area contributed by atoms with Crippen LogP contribution in [0.15, 0.2) is 0 Å². The topological polar surface area (TPSA) is 35.5 Å². The van der Waals surface area contributed by atoms with E-state index in [1.54, 1.807) is 0 Å². The lowest BCUT2D eigenvalue weighted by atomic mass is 9.70. The van der Waals surface area contributed by atoms with Crippen LogP contribution in [-0.2, 0) is 14.3 Å². The predicted octanol–water partition coefficient (Wildman–Crippen LogP) is 2.92. The monoisotopic (exact) mass is 252 g/mol. The van der Waals surface area contributed by atoms with Crippen LogP contribution < -0.4 is 0 Å². The minimum atomic E-state index is -0.0363. The summed E-state index contributed by atoms with van der Waals surface area (Å²) in [5.41, 5.74) is 0.0684. The maximum absolute atomic E-state index is 12.0. The van der Waals surface area contributed by atoms with Crippen molar-refractivity contribution in [1.29, 1.82) is 0 Å². The highest BCUT2D eigenvalue weighted by Crippen LogP contribution is 2.64. The van der Waals surface area contributed by atoms with Gasteiger partial charge in [-0.1, -0.05) is 20.8 Å². The largest absolute Gasteiger partial charge is 0.353 e. The number of rotatable bonds is 2. The van der Waals surface area contributed by atoms with E-state index in [0.29, 0.717) is 12.2 Å². The molecule has 0 N–H and O–H groups in total. The van der Waals surface area contributed by atoms with Crippen LogP contribution in [0.3, 0.4) is 0 Å². The predicted molar refractivity (Wildman–Crippen MR) is 68.1 cm³/mol. The summed E-state index contributed by atoms with van der Waals surface area (Å²) in [5, 5.41) is 0. The van der Waals surface area contributed by atoms with Crippen LogP contribution >= 0.6 is 0 Å². The van der Waals surface area contributed by atoms with Crippen LogP contribution in [0.5, 0.6) is 0 Å². The minimum absolute atomic E-state index is 0.00441. The van der Waals surface area contributed by atoms with E-state index in [1.807, 2.05) is 0 Å². The van der Waals surface area contributed by atoms with Crippen molar-refractivity contribution in [3.05, 3.63) is 0 Å². The summed E-state index contributed by atoms with van der Waals surface area (Å²) in [6.07, 6.45) is 5.08. The molecule has 2 saturated carbocycles. The molecule has 1 aliphatic heterocycles. The van der Waals surface area contributed by atoms with Crippen molar-refractivity contribution in [2.45, 2.75) is 65.3 Å². The molecular formula is C15H24O3. The van der Waals surface area contributed by atoms with Gasteiger partial charge < -0.3 is 9.47 Å². The van der Waals surface area contributed by atoms with Crippen LogP contribution in [-0.4, -0.2) is 24.8 Å². The van der Waals surface area contributed by atoms with Crippen LogP contribution in [0.4, 0.5) is 0 Å². The Labute approximate surface area is 109 Å². The molecule has 0 radical (unpaired) electrons. The van der Waals surface area contributed by atoms with E-state index in [1.165, 1.54) is 6.42 Å². The first-order valence-electron chi connectivity index (χ1n) is 7.25. The van der Waals surface area contributed by atoms with Gasteiger partial charge in [-0.3, -0.25) is 4.79 Å². The Morgan fingerprint density at radius 3 is 2.56 bits per heavy atom. The highest BCUT2D eigenvalue weighted by Gasteiger charge is 2.66. The second kappa shape index (κ2) is 4.04. The van der Waals surface area contributed by atoms with Crippen LogP contribution in [0.1, 0.15) is 52.9 Å². The fourth-order valence-corrected chi connectivity index (χ4v) is 4.15. The van der Waals surface area contributed by atoms with Crippen LogP contribution in [0.2, 0.25) is 0 Å². The third-order valence-electron chi connectivity index (χ3n) is 5.89. The van der Waals surface area contributed by atoms with Crippen LogP contribution in [0, 0.1) is 16.7 Å². The van der Waals surface area contributed by atoms with E-state index in [-0.39, 0.29) is 29.1 Å².